The molecule has 0 bridgehead atoms. The maximum atomic E-state index is 12.3. The van der Waals surface area contributed by atoms with Crippen LogP contribution in [0.15, 0.2) is 30.3 Å². The Balaban J connectivity index is 1.98. The van der Waals surface area contributed by atoms with Gasteiger partial charge in [0.1, 0.15) is 6.10 Å². The summed E-state index contributed by atoms with van der Waals surface area (Å²) in [6, 6.07) is 9.01. The second kappa shape index (κ2) is 6.38. The van der Waals surface area contributed by atoms with Crippen LogP contribution in [0.4, 0.5) is 0 Å². The Labute approximate surface area is 134 Å². The molecule has 1 aliphatic rings. The molecule has 2 aromatic carbocycles. The zero-order valence-corrected chi connectivity index (χ0v) is 13.1. The van der Waals surface area contributed by atoms with Gasteiger partial charge in [0, 0.05) is 0 Å². The van der Waals surface area contributed by atoms with E-state index in [0.717, 1.165) is 16.3 Å². The van der Waals surface area contributed by atoms with E-state index < -0.39 is 0 Å². The number of rotatable bonds is 4. The highest BCUT2D eigenvalue weighted by Gasteiger charge is 2.24. The molecule has 1 heterocycles. The molecule has 0 radical (unpaired) electrons. The molecular weight excluding hydrogens is 296 g/mol. The van der Waals surface area contributed by atoms with E-state index >= 15 is 0 Å². The highest BCUT2D eigenvalue weighted by molar-refractivity contribution is 6.00. The Morgan fingerprint density at radius 1 is 1.13 bits per heavy atom. The van der Waals surface area contributed by atoms with Crippen molar-refractivity contribution in [2.75, 3.05) is 20.3 Å². The van der Waals surface area contributed by atoms with Crippen LogP contribution < -0.4 is 0 Å². The Hall–Kier alpha value is -2.40. The molecule has 0 amide bonds. The van der Waals surface area contributed by atoms with E-state index in [0.29, 0.717) is 30.8 Å². The maximum Gasteiger partial charge on any atom is 0.338 e. The van der Waals surface area contributed by atoms with Gasteiger partial charge < -0.3 is 14.2 Å². The number of benzene rings is 2. The van der Waals surface area contributed by atoms with E-state index in [2.05, 4.69) is 0 Å². The number of fused-ring (bicyclic) bond motifs is 1. The van der Waals surface area contributed by atoms with Crippen LogP contribution >= 0.6 is 0 Å². The Morgan fingerprint density at radius 3 is 2.52 bits per heavy atom. The summed E-state index contributed by atoms with van der Waals surface area (Å²) in [7, 11) is 1.35. The number of carbonyl (C=O) groups excluding carboxylic acids is 2. The van der Waals surface area contributed by atoms with E-state index in [-0.39, 0.29) is 18.0 Å². The zero-order chi connectivity index (χ0) is 16.4. The monoisotopic (exact) mass is 314 g/mol. The Kier molecular flexibility index (Phi) is 4.30. The maximum absolute atomic E-state index is 12.3. The molecule has 5 nitrogen and oxygen atoms in total. The topological polar surface area (TPSA) is 61.8 Å². The molecule has 1 saturated heterocycles. The quantitative estimate of drug-likeness (QED) is 0.812. The highest BCUT2D eigenvalue weighted by Crippen LogP contribution is 2.24. The summed E-state index contributed by atoms with van der Waals surface area (Å²) in [6.45, 7) is 2.90. The standard InChI is InChI=1S/C18H18O5/c1-3-11-6-14-7-13(17(19)21-2)5-4-12(14)8-16(11)18(20)23-15-9-22-10-15/h4-8,15H,3,9-10H2,1-2H3. The molecule has 0 saturated carbocycles. The van der Waals surface area contributed by atoms with Gasteiger partial charge in [0.2, 0.25) is 0 Å². The number of hydrogen-bond donors (Lipinski definition) is 0. The second-order valence-corrected chi connectivity index (χ2v) is 5.48. The molecule has 0 N–H and O–H groups in total. The van der Waals surface area contributed by atoms with Gasteiger partial charge in [0.25, 0.3) is 0 Å². The van der Waals surface area contributed by atoms with E-state index in [9.17, 15) is 9.59 Å². The van der Waals surface area contributed by atoms with Crippen LogP contribution in [0.1, 0.15) is 33.2 Å². The molecule has 2 aromatic rings. The van der Waals surface area contributed by atoms with E-state index in [1.807, 2.05) is 25.1 Å². The molecule has 1 aliphatic heterocycles. The summed E-state index contributed by atoms with van der Waals surface area (Å²) in [6.07, 6.45) is 0.550. The largest absolute Gasteiger partial charge is 0.465 e. The van der Waals surface area contributed by atoms with Crippen LogP contribution in [0.5, 0.6) is 0 Å². The normalized spacial score (nSPS) is 14.3. The van der Waals surface area contributed by atoms with Gasteiger partial charge in [0.05, 0.1) is 31.5 Å². The van der Waals surface area contributed by atoms with Crippen molar-refractivity contribution < 1.29 is 23.8 Å². The fourth-order valence-electron chi connectivity index (χ4n) is 2.57. The fourth-order valence-corrected chi connectivity index (χ4v) is 2.57. The molecular formula is C18H18O5. The van der Waals surface area contributed by atoms with Crippen LogP contribution in [0.2, 0.25) is 0 Å². The lowest BCUT2D eigenvalue weighted by molar-refractivity contribution is -0.103. The van der Waals surface area contributed by atoms with Crippen molar-refractivity contribution in [2.45, 2.75) is 19.4 Å². The smallest absolute Gasteiger partial charge is 0.338 e. The number of esters is 2. The van der Waals surface area contributed by atoms with Gasteiger partial charge >= 0.3 is 11.9 Å². The third-order valence-corrected chi connectivity index (χ3v) is 3.97. The molecule has 120 valence electrons. The van der Waals surface area contributed by atoms with Crippen molar-refractivity contribution >= 4 is 22.7 Å². The summed E-state index contributed by atoms with van der Waals surface area (Å²) in [5.74, 6) is -0.701. The first kappa shape index (κ1) is 15.5. The third kappa shape index (κ3) is 3.05. The van der Waals surface area contributed by atoms with E-state index in [1.54, 1.807) is 12.1 Å². The molecule has 5 heteroatoms. The van der Waals surface area contributed by atoms with Gasteiger partial charge in [-0.25, -0.2) is 9.59 Å². The molecule has 0 unspecified atom stereocenters. The van der Waals surface area contributed by atoms with Crippen LogP contribution in [-0.2, 0) is 20.6 Å². The zero-order valence-electron chi connectivity index (χ0n) is 13.1. The first-order valence-electron chi connectivity index (χ1n) is 7.56. The molecule has 0 aromatic heterocycles. The molecule has 23 heavy (non-hydrogen) atoms. The van der Waals surface area contributed by atoms with Crippen molar-refractivity contribution in [1.82, 2.24) is 0 Å². The molecule has 0 atom stereocenters. The van der Waals surface area contributed by atoms with Gasteiger partial charge in [0.15, 0.2) is 0 Å². The van der Waals surface area contributed by atoms with Crippen LogP contribution in [0.25, 0.3) is 10.8 Å². The highest BCUT2D eigenvalue weighted by atomic mass is 16.6. The van der Waals surface area contributed by atoms with Crippen LogP contribution in [-0.4, -0.2) is 38.4 Å². The predicted molar refractivity (Wildman–Crippen MR) is 84.7 cm³/mol. The lowest BCUT2D eigenvalue weighted by atomic mass is 9.98. The minimum Gasteiger partial charge on any atom is -0.465 e. The van der Waals surface area contributed by atoms with Crippen molar-refractivity contribution in [2.24, 2.45) is 0 Å². The average molecular weight is 314 g/mol. The summed E-state index contributed by atoms with van der Waals surface area (Å²) in [5.41, 5.74) is 1.95. The Bertz CT molecular complexity index is 761. The summed E-state index contributed by atoms with van der Waals surface area (Å²) in [5, 5.41) is 1.78. The molecule has 1 fully saturated rings. The number of aryl methyl sites for hydroxylation is 1. The van der Waals surface area contributed by atoms with Crippen LogP contribution in [0.3, 0.4) is 0 Å². The SMILES string of the molecule is CCc1cc2cc(C(=O)OC)ccc2cc1C(=O)OC1COC1. The summed E-state index contributed by atoms with van der Waals surface area (Å²) in [4.78, 5) is 24.0. The minimum atomic E-state index is -0.376. The van der Waals surface area contributed by atoms with Gasteiger partial charge in [-0.3, -0.25) is 0 Å². The number of methoxy groups -OCH3 is 1. The number of carbonyl (C=O) groups is 2. The van der Waals surface area contributed by atoms with Gasteiger partial charge in [-0.05, 0) is 41.0 Å². The van der Waals surface area contributed by atoms with E-state index in [4.69, 9.17) is 14.2 Å². The minimum absolute atomic E-state index is 0.149. The molecule has 0 spiro atoms. The first-order valence-corrected chi connectivity index (χ1v) is 7.56. The first-order chi connectivity index (χ1) is 11.1. The lowest BCUT2D eigenvalue weighted by Crippen LogP contribution is -2.38. The van der Waals surface area contributed by atoms with E-state index in [1.165, 1.54) is 7.11 Å². The predicted octanol–water partition coefficient (Wildman–Crippen LogP) is 2.74. The average Bonchev–Trinajstić information content (AvgIpc) is 2.55. The van der Waals surface area contributed by atoms with Crippen molar-refractivity contribution in [3.8, 4) is 0 Å². The van der Waals surface area contributed by atoms with Gasteiger partial charge in [-0.2, -0.15) is 0 Å². The van der Waals surface area contributed by atoms with Crippen LogP contribution in [0, 0.1) is 0 Å². The third-order valence-electron chi connectivity index (χ3n) is 3.97. The number of hydrogen-bond acceptors (Lipinski definition) is 5. The lowest BCUT2D eigenvalue weighted by Gasteiger charge is -2.26. The second-order valence-electron chi connectivity index (χ2n) is 5.48. The van der Waals surface area contributed by atoms with Gasteiger partial charge in [-0.1, -0.05) is 19.1 Å². The number of ether oxygens (including phenoxy) is 3. The van der Waals surface area contributed by atoms with Crippen molar-refractivity contribution in [3.05, 3.63) is 47.0 Å². The fraction of sp³-hybridized carbons (Fsp3) is 0.333. The van der Waals surface area contributed by atoms with Crippen molar-refractivity contribution in [1.29, 1.82) is 0 Å². The molecule has 0 aliphatic carbocycles. The van der Waals surface area contributed by atoms with Crippen molar-refractivity contribution in [3.63, 3.8) is 0 Å². The Morgan fingerprint density at radius 2 is 1.91 bits per heavy atom. The van der Waals surface area contributed by atoms with Gasteiger partial charge in [-0.15, -0.1) is 0 Å². The summed E-state index contributed by atoms with van der Waals surface area (Å²) < 4.78 is 15.2. The molecule has 3 rings (SSSR count). The summed E-state index contributed by atoms with van der Waals surface area (Å²) >= 11 is 0.